The van der Waals surface area contributed by atoms with Crippen molar-refractivity contribution in [1.29, 1.82) is 0 Å². The zero-order valence-electron chi connectivity index (χ0n) is 9.74. The minimum absolute atomic E-state index is 0.0466. The molecule has 2 aromatic rings. The number of nitrogens with two attached hydrogens (primary N) is 1. The van der Waals surface area contributed by atoms with E-state index in [0.717, 1.165) is 5.56 Å². The van der Waals surface area contributed by atoms with Gasteiger partial charge in [-0.3, -0.25) is 4.72 Å². The highest BCUT2D eigenvalue weighted by Gasteiger charge is 2.17. The Balaban J connectivity index is 2.22. The van der Waals surface area contributed by atoms with Crippen molar-refractivity contribution in [3.8, 4) is 0 Å². The molecule has 0 aliphatic rings. The number of nitrogens with one attached hydrogen (secondary N) is 1. The molecule has 0 saturated carbocycles. The number of hydrogen-bond donors (Lipinski definition) is 2. The van der Waals surface area contributed by atoms with Gasteiger partial charge in [-0.25, -0.2) is 9.97 Å². The van der Waals surface area contributed by atoms with Crippen LogP contribution in [0, 0.1) is 0 Å². The summed E-state index contributed by atoms with van der Waals surface area (Å²) in [6, 6.07) is 3.27. The Morgan fingerprint density at radius 1 is 1.39 bits per heavy atom. The average Bonchev–Trinajstić information content (AvgIpc) is 2.77. The van der Waals surface area contributed by atoms with Crippen molar-refractivity contribution in [3.05, 3.63) is 36.4 Å². The molecule has 0 saturated heterocycles. The van der Waals surface area contributed by atoms with Gasteiger partial charge in [-0.1, -0.05) is 6.07 Å². The first-order chi connectivity index (χ1) is 8.51. The van der Waals surface area contributed by atoms with Crippen LogP contribution >= 0.6 is 0 Å². The third-order valence-electron chi connectivity index (χ3n) is 2.26. The van der Waals surface area contributed by atoms with E-state index in [-0.39, 0.29) is 10.8 Å². The van der Waals surface area contributed by atoms with E-state index < -0.39 is 10.0 Å². The number of nitrogens with zero attached hydrogens (tertiary/aromatic N) is 3. The molecule has 0 atom stereocenters. The Morgan fingerprint density at radius 2 is 2.17 bits per heavy atom. The number of aryl methyl sites for hydroxylation is 1. The molecule has 0 aliphatic carbocycles. The molecule has 0 fully saturated rings. The van der Waals surface area contributed by atoms with Crippen LogP contribution in [-0.2, 0) is 23.6 Å². The zero-order valence-corrected chi connectivity index (χ0v) is 10.6. The summed E-state index contributed by atoms with van der Waals surface area (Å²) >= 11 is 0. The van der Waals surface area contributed by atoms with Crippen LogP contribution in [0.25, 0.3) is 0 Å². The van der Waals surface area contributed by atoms with Gasteiger partial charge in [0.2, 0.25) is 0 Å². The van der Waals surface area contributed by atoms with Crippen LogP contribution in [0.3, 0.4) is 0 Å². The fraction of sp³-hybridized carbons (Fsp3) is 0.200. The largest absolute Gasteiger partial charge is 0.339 e. The van der Waals surface area contributed by atoms with Crippen molar-refractivity contribution in [3.63, 3.8) is 0 Å². The molecule has 0 bridgehead atoms. The summed E-state index contributed by atoms with van der Waals surface area (Å²) in [6.45, 7) is 0.361. The molecule has 0 unspecified atom stereocenters. The molecule has 8 heteroatoms. The Kier molecular flexibility index (Phi) is 3.30. The highest BCUT2D eigenvalue weighted by molar-refractivity contribution is 7.92. The first-order valence-corrected chi connectivity index (χ1v) is 6.65. The molecule has 18 heavy (non-hydrogen) atoms. The molecule has 0 radical (unpaired) electrons. The number of sulfonamides is 1. The van der Waals surface area contributed by atoms with Crippen molar-refractivity contribution in [1.82, 2.24) is 14.5 Å². The van der Waals surface area contributed by atoms with E-state index in [1.807, 2.05) is 0 Å². The van der Waals surface area contributed by atoms with Crippen molar-refractivity contribution in [2.24, 2.45) is 12.8 Å². The highest BCUT2D eigenvalue weighted by Crippen LogP contribution is 2.12. The van der Waals surface area contributed by atoms with Gasteiger partial charge in [0, 0.05) is 26.0 Å². The number of anilines is 1. The van der Waals surface area contributed by atoms with Gasteiger partial charge in [0.25, 0.3) is 10.0 Å². The van der Waals surface area contributed by atoms with Gasteiger partial charge in [-0.15, -0.1) is 0 Å². The minimum Gasteiger partial charge on any atom is -0.339 e. The van der Waals surface area contributed by atoms with Gasteiger partial charge >= 0.3 is 0 Å². The van der Waals surface area contributed by atoms with Gasteiger partial charge in [0.1, 0.15) is 5.82 Å². The number of aromatic nitrogens is 3. The summed E-state index contributed by atoms with van der Waals surface area (Å²) < 4.78 is 27.7. The monoisotopic (exact) mass is 267 g/mol. The van der Waals surface area contributed by atoms with Gasteiger partial charge in [0.15, 0.2) is 5.03 Å². The molecular weight excluding hydrogens is 254 g/mol. The summed E-state index contributed by atoms with van der Waals surface area (Å²) in [5.41, 5.74) is 6.26. The maximum atomic E-state index is 11.9. The van der Waals surface area contributed by atoms with E-state index in [0.29, 0.717) is 6.54 Å². The first-order valence-electron chi connectivity index (χ1n) is 5.17. The zero-order chi connectivity index (χ0) is 13.2. The minimum atomic E-state index is -3.69. The molecular formula is C10H13N5O2S. The number of pyridine rings is 1. The maximum absolute atomic E-state index is 11.9. The van der Waals surface area contributed by atoms with E-state index in [1.54, 1.807) is 23.7 Å². The molecule has 7 nitrogen and oxygen atoms in total. The average molecular weight is 267 g/mol. The number of imidazole rings is 1. The number of hydrogen-bond acceptors (Lipinski definition) is 5. The Bertz CT molecular complexity index is 633. The Labute approximate surface area is 105 Å². The van der Waals surface area contributed by atoms with E-state index in [4.69, 9.17) is 5.73 Å². The second-order valence-corrected chi connectivity index (χ2v) is 5.37. The van der Waals surface area contributed by atoms with Gasteiger partial charge < -0.3 is 10.3 Å². The summed E-state index contributed by atoms with van der Waals surface area (Å²) in [7, 11) is -1.99. The third-order valence-corrected chi connectivity index (χ3v) is 3.50. The van der Waals surface area contributed by atoms with E-state index in [1.165, 1.54) is 18.7 Å². The molecule has 0 amide bonds. The van der Waals surface area contributed by atoms with Crippen LogP contribution in [0.5, 0.6) is 0 Å². The van der Waals surface area contributed by atoms with Crippen LogP contribution in [-0.4, -0.2) is 23.0 Å². The lowest BCUT2D eigenvalue weighted by atomic mass is 10.3. The van der Waals surface area contributed by atoms with Crippen LogP contribution in [0.1, 0.15) is 5.56 Å². The van der Waals surface area contributed by atoms with Gasteiger partial charge in [0.05, 0.1) is 6.33 Å². The lowest BCUT2D eigenvalue weighted by Crippen LogP contribution is -2.14. The predicted octanol–water partition coefficient (Wildman–Crippen LogP) is 0.0746. The lowest BCUT2D eigenvalue weighted by Gasteiger charge is -2.05. The second kappa shape index (κ2) is 4.75. The third kappa shape index (κ3) is 2.66. The fourth-order valence-electron chi connectivity index (χ4n) is 1.32. The molecule has 2 rings (SSSR count). The summed E-state index contributed by atoms with van der Waals surface area (Å²) in [5, 5.41) is -0.0466. The Morgan fingerprint density at radius 3 is 2.67 bits per heavy atom. The Hall–Kier alpha value is -1.93. The molecule has 0 spiro atoms. The fourth-order valence-corrected chi connectivity index (χ4v) is 2.31. The first kappa shape index (κ1) is 12.5. The molecule has 2 heterocycles. The van der Waals surface area contributed by atoms with Gasteiger partial charge in [-0.2, -0.15) is 8.42 Å². The van der Waals surface area contributed by atoms with Crippen molar-refractivity contribution in [2.75, 3.05) is 4.72 Å². The number of rotatable bonds is 4. The van der Waals surface area contributed by atoms with E-state index in [9.17, 15) is 8.42 Å². The predicted molar refractivity (Wildman–Crippen MR) is 66.1 cm³/mol. The summed E-state index contributed by atoms with van der Waals surface area (Å²) in [5.74, 6) is 0.234. The highest BCUT2D eigenvalue weighted by atomic mass is 32.2. The van der Waals surface area contributed by atoms with Crippen molar-refractivity contribution < 1.29 is 8.42 Å². The summed E-state index contributed by atoms with van der Waals surface area (Å²) in [4.78, 5) is 7.74. The van der Waals surface area contributed by atoms with Crippen molar-refractivity contribution in [2.45, 2.75) is 11.6 Å². The van der Waals surface area contributed by atoms with Gasteiger partial charge in [-0.05, 0) is 11.6 Å². The van der Waals surface area contributed by atoms with Crippen LogP contribution in [0.15, 0.2) is 35.9 Å². The molecule has 3 N–H and O–H groups in total. The molecule has 0 aromatic carbocycles. The second-order valence-electron chi connectivity index (χ2n) is 3.74. The summed E-state index contributed by atoms with van der Waals surface area (Å²) in [6.07, 6.45) is 4.35. The SMILES string of the molecule is Cn1cnc(S(=O)(=O)Nc2ccc(CN)cn2)c1. The van der Waals surface area contributed by atoms with Crippen LogP contribution in [0.4, 0.5) is 5.82 Å². The molecule has 2 aromatic heterocycles. The smallest absolute Gasteiger partial charge is 0.282 e. The van der Waals surface area contributed by atoms with E-state index in [2.05, 4.69) is 14.7 Å². The van der Waals surface area contributed by atoms with Crippen LogP contribution in [0.2, 0.25) is 0 Å². The quantitative estimate of drug-likeness (QED) is 0.816. The standard InChI is InChI=1S/C10H13N5O2S/c1-15-6-10(13-7-15)18(16,17)14-9-3-2-8(4-11)5-12-9/h2-3,5-7H,4,11H2,1H3,(H,12,14). The molecule has 96 valence electrons. The van der Waals surface area contributed by atoms with Crippen molar-refractivity contribution >= 4 is 15.8 Å². The van der Waals surface area contributed by atoms with E-state index >= 15 is 0 Å². The molecule has 0 aliphatic heterocycles. The van der Waals surface area contributed by atoms with Crippen LogP contribution < -0.4 is 10.5 Å². The topological polar surface area (TPSA) is 103 Å². The lowest BCUT2D eigenvalue weighted by molar-refractivity contribution is 0.598. The maximum Gasteiger partial charge on any atom is 0.282 e. The normalized spacial score (nSPS) is 11.4.